The first-order valence-electron chi connectivity index (χ1n) is 6.03. The molecule has 3 aromatic carbocycles. The molecule has 0 amide bonds. The minimum absolute atomic E-state index is 0.379. The molecule has 0 spiro atoms. The van der Waals surface area contributed by atoms with Gasteiger partial charge in [-0.25, -0.2) is 4.79 Å². The van der Waals surface area contributed by atoms with E-state index in [-0.39, 0.29) is 5.97 Å². The molecule has 2 nitrogen and oxygen atoms in total. The van der Waals surface area contributed by atoms with E-state index in [2.05, 4.69) is 18.7 Å². The lowest BCUT2D eigenvalue weighted by molar-refractivity contribution is 0.0666. The van der Waals surface area contributed by atoms with Crippen LogP contribution in [-0.2, 0) is 4.74 Å². The number of hydrogen-bond donors (Lipinski definition) is 0. The maximum atomic E-state index is 11.9. The van der Waals surface area contributed by atoms with Crippen LogP contribution in [0, 0.1) is 0 Å². The second kappa shape index (κ2) is 4.58. The zero-order valence-electron chi connectivity index (χ0n) is 10.3. The zero-order chi connectivity index (χ0) is 13.2. The molecule has 0 atom stereocenters. The standard InChI is InChI=1S/C17H12O2/c1-2-19-17(18)15-9-5-8-14-10-12-6-3-4-7-13(12)11-16(14)15/h2-11H,1H2. The van der Waals surface area contributed by atoms with Gasteiger partial charge in [0.2, 0.25) is 0 Å². The van der Waals surface area contributed by atoms with Crippen molar-refractivity contribution in [3.05, 3.63) is 73.0 Å². The lowest BCUT2D eigenvalue weighted by Gasteiger charge is -2.06. The number of carbonyl (C=O) groups excluding carboxylic acids is 1. The Morgan fingerprint density at radius 2 is 1.63 bits per heavy atom. The van der Waals surface area contributed by atoms with Crippen LogP contribution in [0.25, 0.3) is 21.5 Å². The Bertz CT molecular complexity index is 787. The maximum absolute atomic E-state index is 11.9. The minimum atomic E-state index is -0.379. The van der Waals surface area contributed by atoms with Crippen LogP contribution in [-0.4, -0.2) is 5.97 Å². The lowest BCUT2D eigenvalue weighted by Crippen LogP contribution is -2.01. The van der Waals surface area contributed by atoms with Crippen LogP contribution in [0.4, 0.5) is 0 Å². The average Bonchev–Trinajstić information content (AvgIpc) is 2.44. The molecular formula is C17H12O2. The van der Waals surface area contributed by atoms with Gasteiger partial charge in [-0.1, -0.05) is 43.0 Å². The molecule has 0 N–H and O–H groups in total. The van der Waals surface area contributed by atoms with Crippen molar-refractivity contribution in [2.24, 2.45) is 0 Å². The molecule has 0 fully saturated rings. The summed E-state index contributed by atoms with van der Waals surface area (Å²) in [5.41, 5.74) is 0.558. The van der Waals surface area contributed by atoms with Crippen molar-refractivity contribution in [3.63, 3.8) is 0 Å². The fraction of sp³-hybridized carbons (Fsp3) is 0. The van der Waals surface area contributed by atoms with Crippen LogP contribution in [0.3, 0.4) is 0 Å². The molecule has 0 aromatic heterocycles. The first-order chi connectivity index (χ1) is 9.29. The zero-order valence-corrected chi connectivity index (χ0v) is 10.3. The highest BCUT2D eigenvalue weighted by Gasteiger charge is 2.10. The first kappa shape index (κ1) is 11.5. The maximum Gasteiger partial charge on any atom is 0.343 e. The molecule has 0 saturated carbocycles. The van der Waals surface area contributed by atoms with E-state index in [0.29, 0.717) is 5.56 Å². The van der Waals surface area contributed by atoms with Crippen molar-refractivity contribution < 1.29 is 9.53 Å². The van der Waals surface area contributed by atoms with Gasteiger partial charge < -0.3 is 4.74 Å². The number of ether oxygens (including phenoxy) is 1. The van der Waals surface area contributed by atoms with Crippen LogP contribution < -0.4 is 0 Å². The van der Waals surface area contributed by atoms with Crippen molar-refractivity contribution in [1.29, 1.82) is 0 Å². The number of carbonyl (C=O) groups is 1. The molecule has 0 aliphatic carbocycles. The SMILES string of the molecule is C=COC(=O)c1cccc2cc3ccccc3cc12. The molecule has 3 rings (SSSR count). The van der Waals surface area contributed by atoms with Crippen LogP contribution in [0.2, 0.25) is 0 Å². The van der Waals surface area contributed by atoms with Gasteiger partial charge in [0.25, 0.3) is 0 Å². The molecule has 2 heteroatoms. The van der Waals surface area contributed by atoms with Crippen molar-refractivity contribution in [3.8, 4) is 0 Å². The summed E-state index contributed by atoms with van der Waals surface area (Å²) in [6.45, 7) is 3.41. The summed E-state index contributed by atoms with van der Waals surface area (Å²) >= 11 is 0. The largest absolute Gasteiger partial charge is 0.432 e. The third-order valence-electron chi connectivity index (χ3n) is 3.16. The highest BCUT2D eigenvalue weighted by Crippen LogP contribution is 2.25. The Balaban J connectivity index is 2.32. The number of esters is 1. The van der Waals surface area contributed by atoms with Crippen molar-refractivity contribution in [1.82, 2.24) is 0 Å². The Labute approximate surface area is 110 Å². The van der Waals surface area contributed by atoms with E-state index in [9.17, 15) is 4.79 Å². The van der Waals surface area contributed by atoms with Crippen LogP contribution in [0.5, 0.6) is 0 Å². The van der Waals surface area contributed by atoms with Gasteiger partial charge in [-0.05, 0) is 39.7 Å². The molecule has 0 heterocycles. The Kier molecular flexibility index (Phi) is 2.76. The van der Waals surface area contributed by atoms with Crippen LogP contribution in [0.15, 0.2) is 67.4 Å². The summed E-state index contributed by atoms with van der Waals surface area (Å²) < 4.78 is 4.87. The number of benzene rings is 3. The lowest BCUT2D eigenvalue weighted by atomic mass is 10.00. The molecule has 0 saturated heterocycles. The van der Waals surface area contributed by atoms with E-state index < -0.39 is 0 Å². The molecule has 0 aliphatic heterocycles. The summed E-state index contributed by atoms with van der Waals surface area (Å²) in [6.07, 6.45) is 1.15. The van der Waals surface area contributed by atoms with Crippen LogP contribution in [0.1, 0.15) is 10.4 Å². The van der Waals surface area contributed by atoms with E-state index in [1.54, 1.807) is 6.07 Å². The Hall–Kier alpha value is -2.61. The number of hydrogen-bond acceptors (Lipinski definition) is 2. The highest BCUT2D eigenvalue weighted by molar-refractivity contribution is 6.09. The van der Waals surface area contributed by atoms with Crippen molar-refractivity contribution in [2.45, 2.75) is 0 Å². The first-order valence-corrected chi connectivity index (χ1v) is 6.03. The van der Waals surface area contributed by atoms with Crippen molar-refractivity contribution in [2.75, 3.05) is 0 Å². The van der Waals surface area contributed by atoms with Gasteiger partial charge in [0.15, 0.2) is 0 Å². The molecular weight excluding hydrogens is 236 g/mol. The third kappa shape index (κ3) is 1.97. The molecule has 19 heavy (non-hydrogen) atoms. The summed E-state index contributed by atoms with van der Waals surface area (Å²) in [7, 11) is 0. The number of fused-ring (bicyclic) bond motifs is 2. The monoisotopic (exact) mass is 248 g/mol. The van der Waals surface area contributed by atoms with E-state index in [0.717, 1.165) is 27.8 Å². The second-order valence-corrected chi connectivity index (χ2v) is 4.30. The van der Waals surface area contributed by atoms with Gasteiger partial charge in [0.05, 0.1) is 11.8 Å². The van der Waals surface area contributed by atoms with Gasteiger partial charge in [-0.3, -0.25) is 0 Å². The minimum Gasteiger partial charge on any atom is -0.432 e. The average molecular weight is 248 g/mol. The molecule has 3 aromatic rings. The van der Waals surface area contributed by atoms with Gasteiger partial charge in [0.1, 0.15) is 0 Å². The second-order valence-electron chi connectivity index (χ2n) is 4.30. The van der Waals surface area contributed by atoms with E-state index in [1.807, 2.05) is 36.4 Å². The quantitative estimate of drug-likeness (QED) is 0.384. The fourth-order valence-electron chi connectivity index (χ4n) is 2.28. The molecule has 0 bridgehead atoms. The molecule has 0 radical (unpaired) electrons. The fourth-order valence-corrected chi connectivity index (χ4v) is 2.28. The Morgan fingerprint density at radius 3 is 2.37 bits per heavy atom. The summed E-state index contributed by atoms with van der Waals surface area (Å²) in [5.74, 6) is -0.379. The summed E-state index contributed by atoms with van der Waals surface area (Å²) in [4.78, 5) is 11.9. The highest BCUT2D eigenvalue weighted by atomic mass is 16.5. The van der Waals surface area contributed by atoms with Crippen LogP contribution >= 0.6 is 0 Å². The third-order valence-corrected chi connectivity index (χ3v) is 3.16. The summed E-state index contributed by atoms with van der Waals surface area (Å²) in [6, 6.07) is 17.8. The van der Waals surface area contributed by atoms with Gasteiger partial charge >= 0.3 is 5.97 Å². The molecule has 92 valence electrons. The van der Waals surface area contributed by atoms with E-state index in [4.69, 9.17) is 4.74 Å². The topological polar surface area (TPSA) is 26.3 Å². The normalized spacial score (nSPS) is 10.5. The number of rotatable bonds is 2. The van der Waals surface area contributed by atoms with Gasteiger partial charge in [0, 0.05) is 0 Å². The predicted molar refractivity (Wildman–Crippen MR) is 77.1 cm³/mol. The van der Waals surface area contributed by atoms with E-state index >= 15 is 0 Å². The molecule has 0 aliphatic rings. The summed E-state index contributed by atoms with van der Waals surface area (Å²) in [5, 5.41) is 4.18. The predicted octanol–water partition coefficient (Wildman–Crippen LogP) is 4.29. The van der Waals surface area contributed by atoms with E-state index in [1.165, 1.54) is 0 Å². The Morgan fingerprint density at radius 1 is 0.947 bits per heavy atom. The van der Waals surface area contributed by atoms with Gasteiger partial charge in [-0.2, -0.15) is 0 Å². The van der Waals surface area contributed by atoms with Gasteiger partial charge in [-0.15, -0.1) is 0 Å². The smallest absolute Gasteiger partial charge is 0.343 e. The molecule has 0 unspecified atom stereocenters. The van der Waals surface area contributed by atoms with Crippen molar-refractivity contribution >= 4 is 27.5 Å².